The molecule has 5 nitrogen and oxygen atoms in total. The maximum Gasteiger partial charge on any atom is 0.230 e. The summed E-state index contributed by atoms with van der Waals surface area (Å²) in [4.78, 5) is 16.9. The summed E-state index contributed by atoms with van der Waals surface area (Å²) in [5.41, 5.74) is 3.75. The van der Waals surface area contributed by atoms with Gasteiger partial charge >= 0.3 is 0 Å². The molecular formula is C21H22N2O3S2. The van der Waals surface area contributed by atoms with Gasteiger partial charge in [-0.2, -0.15) is 0 Å². The summed E-state index contributed by atoms with van der Waals surface area (Å²) >= 11 is 3.18. The topological polar surface area (TPSA) is 60.5 Å². The van der Waals surface area contributed by atoms with Crippen LogP contribution in [0.1, 0.15) is 16.8 Å². The summed E-state index contributed by atoms with van der Waals surface area (Å²) in [5, 5.41) is 4.88. The first-order valence-electron chi connectivity index (χ1n) is 8.72. The molecule has 0 atom stereocenters. The number of aromatic nitrogens is 1. The summed E-state index contributed by atoms with van der Waals surface area (Å²) in [6.07, 6.45) is 0.262. The van der Waals surface area contributed by atoms with Gasteiger partial charge in [0, 0.05) is 22.9 Å². The van der Waals surface area contributed by atoms with Crippen LogP contribution >= 0.6 is 23.1 Å². The number of rotatable bonds is 8. The summed E-state index contributed by atoms with van der Waals surface area (Å²) < 4.78 is 11.5. The Morgan fingerprint density at radius 2 is 1.86 bits per heavy atom. The number of hydrogen-bond donors (Lipinski definition) is 1. The number of nitrogens with one attached hydrogen (secondary N) is 1. The maximum atomic E-state index is 12.3. The molecule has 1 aromatic heterocycles. The molecule has 3 rings (SSSR count). The van der Waals surface area contributed by atoms with Gasteiger partial charge in [-0.05, 0) is 36.2 Å². The van der Waals surface area contributed by atoms with Crippen LogP contribution in [0.3, 0.4) is 0 Å². The molecule has 28 heavy (non-hydrogen) atoms. The second-order valence-corrected chi connectivity index (χ2v) is 8.23. The first-order valence-corrected chi connectivity index (χ1v) is 10.6. The standard InChI is InChI=1S/C21H22N2O3S2/c1-14-6-4-5-7-19(14)23-20(24)10-16-13-28-21(22-16)27-12-15-8-17(25-2)11-18(9-15)26-3/h4-9,11,13H,10,12H2,1-3H3,(H,23,24). The number of hydrogen-bond acceptors (Lipinski definition) is 6. The third-order valence-electron chi connectivity index (χ3n) is 4.07. The van der Waals surface area contributed by atoms with Crippen molar-refractivity contribution in [2.75, 3.05) is 19.5 Å². The van der Waals surface area contributed by atoms with Crippen LogP contribution in [0.5, 0.6) is 11.5 Å². The Balaban J connectivity index is 1.57. The summed E-state index contributed by atoms with van der Waals surface area (Å²) in [7, 11) is 3.28. The number of carbonyl (C=O) groups is 1. The average molecular weight is 415 g/mol. The Kier molecular flexibility index (Phi) is 6.95. The molecule has 0 saturated heterocycles. The highest BCUT2D eigenvalue weighted by molar-refractivity contribution is 8.00. The molecule has 1 N–H and O–H groups in total. The van der Waals surface area contributed by atoms with Crippen molar-refractivity contribution >= 4 is 34.7 Å². The van der Waals surface area contributed by atoms with E-state index in [0.29, 0.717) is 0 Å². The van der Waals surface area contributed by atoms with Gasteiger partial charge in [0.25, 0.3) is 0 Å². The van der Waals surface area contributed by atoms with Gasteiger partial charge in [-0.25, -0.2) is 4.98 Å². The van der Waals surface area contributed by atoms with Crippen molar-refractivity contribution in [1.29, 1.82) is 0 Å². The van der Waals surface area contributed by atoms with Crippen LogP contribution in [0.2, 0.25) is 0 Å². The minimum absolute atomic E-state index is 0.0614. The number of thioether (sulfide) groups is 1. The quantitative estimate of drug-likeness (QED) is 0.529. The number of benzene rings is 2. The first kappa shape index (κ1) is 20.2. The zero-order chi connectivity index (χ0) is 19.9. The number of methoxy groups -OCH3 is 2. The Morgan fingerprint density at radius 3 is 2.54 bits per heavy atom. The molecule has 1 amide bonds. The largest absolute Gasteiger partial charge is 0.497 e. The van der Waals surface area contributed by atoms with Crippen LogP contribution in [0.25, 0.3) is 0 Å². The van der Waals surface area contributed by atoms with Crippen LogP contribution in [0.4, 0.5) is 5.69 Å². The number of anilines is 1. The molecule has 0 fully saturated rings. The van der Waals surface area contributed by atoms with E-state index < -0.39 is 0 Å². The average Bonchev–Trinajstić information content (AvgIpc) is 3.15. The van der Waals surface area contributed by atoms with Crippen LogP contribution in [-0.2, 0) is 17.0 Å². The molecule has 0 bridgehead atoms. The van der Waals surface area contributed by atoms with Crippen molar-refractivity contribution in [3.8, 4) is 11.5 Å². The van der Waals surface area contributed by atoms with Crippen molar-refractivity contribution in [3.63, 3.8) is 0 Å². The van der Waals surface area contributed by atoms with Gasteiger partial charge in [-0.1, -0.05) is 30.0 Å². The predicted molar refractivity (Wildman–Crippen MR) is 115 cm³/mol. The molecule has 0 aliphatic carbocycles. The van der Waals surface area contributed by atoms with Crippen molar-refractivity contribution < 1.29 is 14.3 Å². The third kappa shape index (κ3) is 5.50. The maximum absolute atomic E-state index is 12.3. The van der Waals surface area contributed by atoms with E-state index in [1.54, 1.807) is 37.3 Å². The zero-order valence-electron chi connectivity index (χ0n) is 16.0. The van der Waals surface area contributed by atoms with Crippen molar-refractivity contribution in [2.45, 2.75) is 23.4 Å². The molecule has 0 radical (unpaired) electrons. The Bertz CT molecular complexity index is 934. The van der Waals surface area contributed by atoms with Gasteiger partial charge in [0.1, 0.15) is 15.8 Å². The highest BCUT2D eigenvalue weighted by Gasteiger charge is 2.10. The normalized spacial score (nSPS) is 10.5. The van der Waals surface area contributed by atoms with Gasteiger partial charge < -0.3 is 14.8 Å². The number of amides is 1. The Hall–Kier alpha value is -2.51. The first-order chi connectivity index (χ1) is 13.6. The second-order valence-electron chi connectivity index (χ2n) is 6.15. The smallest absolute Gasteiger partial charge is 0.230 e. The van der Waals surface area contributed by atoms with Gasteiger partial charge in [-0.15, -0.1) is 11.3 Å². The fourth-order valence-corrected chi connectivity index (χ4v) is 4.38. The molecular weight excluding hydrogens is 392 g/mol. The van der Waals surface area contributed by atoms with Crippen LogP contribution in [-0.4, -0.2) is 25.1 Å². The number of carbonyl (C=O) groups excluding carboxylic acids is 1. The Morgan fingerprint density at radius 1 is 1.14 bits per heavy atom. The van der Waals surface area contributed by atoms with E-state index in [9.17, 15) is 4.79 Å². The lowest BCUT2D eigenvalue weighted by molar-refractivity contribution is -0.115. The van der Waals surface area contributed by atoms with Crippen molar-refractivity contribution in [3.05, 3.63) is 64.7 Å². The fourth-order valence-electron chi connectivity index (χ4n) is 2.60. The minimum Gasteiger partial charge on any atom is -0.497 e. The second kappa shape index (κ2) is 9.61. The van der Waals surface area contributed by atoms with E-state index in [-0.39, 0.29) is 12.3 Å². The van der Waals surface area contributed by atoms with Crippen molar-refractivity contribution in [2.24, 2.45) is 0 Å². The number of ether oxygens (including phenoxy) is 2. The third-order valence-corrected chi connectivity index (χ3v) is 6.21. The molecule has 2 aromatic carbocycles. The lowest BCUT2D eigenvalue weighted by atomic mass is 10.2. The molecule has 0 saturated carbocycles. The lowest BCUT2D eigenvalue weighted by Crippen LogP contribution is -2.15. The summed E-state index contributed by atoms with van der Waals surface area (Å²) in [6.45, 7) is 1.97. The molecule has 0 unspecified atom stereocenters. The molecule has 3 aromatic rings. The summed E-state index contributed by atoms with van der Waals surface area (Å²) in [6, 6.07) is 13.6. The highest BCUT2D eigenvalue weighted by atomic mass is 32.2. The zero-order valence-corrected chi connectivity index (χ0v) is 17.7. The number of thiazole rings is 1. The lowest BCUT2D eigenvalue weighted by Gasteiger charge is -2.07. The molecule has 146 valence electrons. The van der Waals surface area contributed by atoms with E-state index in [2.05, 4.69) is 10.3 Å². The molecule has 7 heteroatoms. The highest BCUT2D eigenvalue weighted by Crippen LogP contribution is 2.30. The van der Waals surface area contributed by atoms with Gasteiger partial charge in [-0.3, -0.25) is 4.79 Å². The summed E-state index contributed by atoms with van der Waals surface area (Å²) in [5.74, 6) is 2.22. The Labute approximate surface area is 173 Å². The SMILES string of the molecule is COc1cc(CSc2nc(CC(=O)Nc3ccccc3C)cs2)cc(OC)c1. The van der Waals surface area contributed by atoms with E-state index in [1.807, 2.05) is 54.8 Å². The fraction of sp³-hybridized carbons (Fsp3) is 0.238. The number of nitrogens with zero attached hydrogens (tertiary/aromatic N) is 1. The monoisotopic (exact) mass is 414 g/mol. The van der Waals surface area contributed by atoms with Gasteiger partial charge in [0.05, 0.1) is 26.3 Å². The molecule has 0 aliphatic rings. The van der Waals surface area contributed by atoms with E-state index >= 15 is 0 Å². The van der Waals surface area contributed by atoms with E-state index in [4.69, 9.17) is 9.47 Å². The van der Waals surface area contributed by atoms with Gasteiger partial charge in [0.15, 0.2) is 0 Å². The van der Waals surface area contributed by atoms with Crippen LogP contribution in [0, 0.1) is 6.92 Å². The van der Waals surface area contributed by atoms with Gasteiger partial charge in [0.2, 0.25) is 5.91 Å². The van der Waals surface area contributed by atoms with E-state index in [0.717, 1.165) is 44.1 Å². The van der Waals surface area contributed by atoms with Crippen LogP contribution < -0.4 is 14.8 Å². The predicted octanol–water partition coefficient (Wildman–Crippen LogP) is 4.94. The van der Waals surface area contributed by atoms with Crippen LogP contribution in [0.15, 0.2) is 52.2 Å². The number of aryl methyl sites for hydroxylation is 1. The molecule has 0 aliphatic heterocycles. The minimum atomic E-state index is -0.0614. The molecule has 0 spiro atoms. The van der Waals surface area contributed by atoms with Crippen molar-refractivity contribution in [1.82, 2.24) is 4.98 Å². The van der Waals surface area contributed by atoms with E-state index in [1.165, 1.54) is 0 Å². The molecule has 1 heterocycles. The number of para-hydroxylation sites is 1.